The van der Waals surface area contributed by atoms with Crippen LogP contribution in [0.1, 0.15) is 11.3 Å². The second kappa shape index (κ2) is 6.32. The summed E-state index contributed by atoms with van der Waals surface area (Å²) in [6.45, 7) is 0.414. The number of nitrogens with two attached hydrogens (primary N) is 1. The molecule has 1 amide bonds. The summed E-state index contributed by atoms with van der Waals surface area (Å²) in [5.41, 5.74) is 7.52. The lowest BCUT2D eigenvalue weighted by molar-refractivity contribution is -0.122. The lowest BCUT2D eigenvalue weighted by Gasteiger charge is -2.13. The second-order valence-electron chi connectivity index (χ2n) is 4.96. The van der Waals surface area contributed by atoms with E-state index in [0.29, 0.717) is 12.1 Å². The predicted octanol–water partition coefficient (Wildman–Crippen LogP) is 0.623. The zero-order valence-corrected chi connectivity index (χ0v) is 11.8. The van der Waals surface area contributed by atoms with Crippen LogP contribution in [0.15, 0.2) is 36.5 Å². The number of nitrogens with one attached hydrogen (secondary N) is 1. The van der Waals surface area contributed by atoms with Crippen molar-refractivity contribution in [2.75, 3.05) is 0 Å². The van der Waals surface area contributed by atoms with E-state index >= 15 is 0 Å². The minimum Gasteiger partial charge on any atom is -0.504 e. The van der Waals surface area contributed by atoms with Crippen molar-refractivity contribution in [3.05, 3.63) is 47.8 Å². The molecule has 21 heavy (non-hydrogen) atoms. The van der Waals surface area contributed by atoms with Gasteiger partial charge in [0.25, 0.3) is 0 Å². The van der Waals surface area contributed by atoms with Gasteiger partial charge >= 0.3 is 0 Å². The van der Waals surface area contributed by atoms with Crippen LogP contribution >= 0.6 is 0 Å². The number of nitrogens with zero attached hydrogens (tertiary/aromatic N) is 1. The number of carbonyl (C=O) groups is 1. The first-order chi connectivity index (χ1) is 9.97. The first kappa shape index (κ1) is 14.9. The van der Waals surface area contributed by atoms with Crippen molar-refractivity contribution in [2.24, 2.45) is 12.8 Å². The molecule has 0 saturated heterocycles. The Balaban J connectivity index is 1.90. The van der Waals surface area contributed by atoms with Gasteiger partial charge in [-0.25, -0.2) is 0 Å². The molecule has 5 N–H and O–H groups in total. The summed E-state index contributed by atoms with van der Waals surface area (Å²) in [6.07, 6.45) is 2.19. The summed E-state index contributed by atoms with van der Waals surface area (Å²) >= 11 is 0. The number of hydrogen-bond donors (Lipinski definition) is 4. The van der Waals surface area contributed by atoms with E-state index in [1.54, 1.807) is 6.07 Å². The van der Waals surface area contributed by atoms with Gasteiger partial charge in [-0.1, -0.05) is 6.07 Å². The molecule has 0 fully saturated rings. The van der Waals surface area contributed by atoms with Gasteiger partial charge in [-0.3, -0.25) is 4.79 Å². The smallest absolute Gasteiger partial charge is 0.237 e. The molecule has 0 spiro atoms. The molecule has 6 nitrogen and oxygen atoms in total. The largest absolute Gasteiger partial charge is 0.504 e. The van der Waals surface area contributed by atoms with Crippen molar-refractivity contribution >= 4 is 5.91 Å². The molecule has 1 aromatic heterocycles. The van der Waals surface area contributed by atoms with E-state index in [-0.39, 0.29) is 23.8 Å². The molecule has 1 aromatic carbocycles. The first-order valence-corrected chi connectivity index (χ1v) is 6.61. The van der Waals surface area contributed by atoms with E-state index in [1.807, 2.05) is 29.9 Å². The normalized spacial score (nSPS) is 12.1. The molecule has 2 rings (SSSR count). The number of benzene rings is 1. The van der Waals surface area contributed by atoms with Crippen LogP contribution in [0.3, 0.4) is 0 Å². The SMILES string of the molecule is Cn1cccc1CNC(=O)[C@@H](N)Cc1ccc(O)c(O)c1. The van der Waals surface area contributed by atoms with Crippen molar-refractivity contribution in [3.63, 3.8) is 0 Å². The Bertz CT molecular complexity index is 637. The maximum atomic E-state index is 11.9. The van der Waals surface area contributed by atoms with Gasteiger partial charge in [0.1, 0.15) is 0 Å². The van der Waals surface area contributed by atoms with E-state index in [9.17, 15) is 15.0 Å². The summed E-state index contributed by atoms with van der Waals surface area (Å²) in [6, 6.07) is 7.51. The van der Waals surface area contributed by atoms with Gasteiger partial charge in [0.15, 0.2) is 11.5 Å². The van der Waals surface area contributed by atoms with Crippen molar-refractivity contribution in [1.29, 1.82) is 0 Å². The van der Waals surface area contributed by atoms with E-state index in [0.717, 1.165) is 5.69 Å². The van der Waals surface area contributed by atoms with Crippen LogP contribution in [0.4, 0.5) is 0 Å². The summed E-state index contributed by atoms with van der Waals surface area (Å²) in [5.74, 6) is -0.673. The van der Waals surface area contributed by atoms with Gasteiger partial charge in [-0.15, -0.1) is 0 Å². The third kappa shape index (κ3) is 3.76. The van der Waals surface area contributed by atoms with Crippen LogP contribution in [0.5, 0.6) is 11.5 Å². The van der Waals surface area contributed by atoms with Gasteiger partial charge in [-0.05, 0) is 36.2 Å². The fraction of sp³-hybridized carbons (Fsp3) is 0.267. The highest BCUT2D eigenvalue weighted by molar-refractivity contribution is 5.81. The van der Waals surface area contributed by atoms with Crippen molar-refractivity contribution in [1.82, 2.24) is 9.88 Å². The minimum atomic E-state index is -0.714. The minimum absolute atomic E-state index is 0.194. The molecule has 2 aromatic rings. The lowest BCUT2D eigenvalue weighted by atomic mass is 10.1. The zero-order valence-electron chi connectivity index (χ0n) is 11.8. The number of phenols is 2. The van der Waals surface area contributed by atoms with Gasteiger partial charge in [0.2, 0.25) is 5.91 Å². The van der Waals surface area contributed by atoms with Crippen LogP contribution in [0.25, 0.3) is 0 Å². The van der Waals surface area contributed by atoms with Gasteiger partial charge < -0.3 is 25.8 Å². The molecule has 0 aliphatic rings. The van der Waals surface area contributed by atoms with Crippen molar-refractivity contribution in [2.45, 2.75) is 19.0 Å². The molecular weight excluding hydrogens is 270 g/mol. The summed E-state index contributed by atoms with van der Waals surface area (Å²) < 4.78 is 1.92. The quantitative estimate of drug-likeness (QED) is 0.606. The number of rotatable bonds is 5. The molecule has 6 heteroatoms. The highest BCUT2D eigenvalue weighted by Crippen LogP contribution is 2.25. The molecule has 0 aliphatic carbocycles. The molecule has 0 unspecified atom stereocenters. The van der Waals surface area contributed by atoms with Crippen LogP contribution < -0.4 is 11.1 Å². The number of amides is 1. The Morgan fingerprint density at radius 1 is 1.33 bits per heavy atom. The highest BCUT2D eigenvalue weighted by Gasteiger charge is 2.15. The van der Waals surface area contributed by atoms with Crippen LogP contribution in [0.2, 0.25) is 0 Å². The Morgan fingerprint density at radius 2 is 2.10 bits per heavy atom. The number of aromatic hydroxyl groups is 2. The van der Waals surface area contributed by atoms with E-state index < -0.39 is 6.04 Å². The number of aryl methyl sites for hydroxylation is 1. The third-order valence-corrected chi connectivity index (χ3v) is 3.33. The molecule has 1 atom stereocenters. The first-order valence-electron chi connectivity index (χ1n) is 6.61. The molecule has 0 radical (unpaired) electrons. The van der Waals surface area contributed by atoms with Gasteiger partial charge in [0.05, 0.1) is 12.6 Å². The third-order valence-electron chi connectivity index (χ3n) is 3.33. The number of aromatic nitrogens is 1. The van der Waals surface area contributed by atoms with E-state index in [2.05, 4.69) is 5.32 Å². The van der Waals surface area contributed by atoms with Gasteiger partial charge in [0, 0.05) is 18.9 Å². The fourth-order valence-corrected chi connectivity index (χ4v) is 2.03. The topological polar surface area (TPSA) is 101 Å². The van der Waals surface area contributed by atoms with Crippen LogP contribution in [0, 0.1) is 0 Å². The Labute approximate surface area is 122 Å². The van der Waals surface area contributed by atoms with Gasteiger partial charge in [-0.2, -0.15) is 0 Å². The zero-order chi connectivity index (χ0) is 15.4. The standard InChI is InChI=1S/C15H19N3O3/c1-18-6-2-3-11(18)9-17-15(21)12(16)7-10-4-5-13(19)14(20)8-10/h2-6,8,12,19-20H,7,9,16H2,1H3,(H,17,21)/t12-/m0/s1. The number of hydrogen-bond acceptors (Lipinski definition) is 4. The van der Waals surface area contributed by atoms with Crippen molar-refractivity contribution < 1.29 is 15.0 Å². The molecule has 1 heterocycles. The fourth-order valence-electron chi connectivity index (χ4n) is 2.03. The van der Waals surface area contributed by atoms with Crippen molar-refractivity contribution in [3.8, 4) is 11.5 Å². The maximum absolute atomic E-state index is 11.9. The Morgan fingerprint density at radius 3 is 2.71 bits per heavy atom. The second-order valence-corrected chi connectivity index (χ2v) is 4.96. The average molecular weight is 289 g/mol. The number of carbonyl (C=O) groups excluding carboxylic acids is 1. The van der Waals surface area contributed by atoms with E-state index in [1.165, 1.54) is 12.1 Å². The monoisotopic (exact) mass is 289 g/mol. The molecule has 112 valence electrons. The van der Waals surface area contributed by atoms with E-state index in [4.69, 9.17) is 5.73 Å². The van der Waals surface area contributed by atoms with Crippen LogP contribution in [-0.4, -0.2) is 26.7 Å². The van der Waals surface area contributed by atoms with Crippen LogP contribution in [-0.2, 0) is 24.8 Å². The maximum Gasteiger partial charge on any atom is 0.237 e. The average Bonchev–Trinajstić information content (AvgIpc) is 2.85. The Kier molecular flexibility index (Phi) is 4.49. The Hall–Kier alpha value is -2.47. The molecular formula is C15H19N3O3. The predicted molar refractivity (Wildman–Crippen MR) is 78.7 cm³/mol. The highest BCUT2D eigenvalue weighted by atomic mass is 16.3. The molecule has 0 aliphatic heterocycles. The molecule has 0 bridgehead atoms. The summed E-state index contributed by atoms with van der Waals surface area (Å²) in [7, 11) is 1.90. The molecule has 0 saturated carbocycles. The lowest BCUT2D eigenvalue weighted by Crippen LogP contribution is -2.41. The number of phenolic OH excluding ortho intramolecular Hbond substituents is 2. The summed E-state index contributed by atoms with van der Waals surface area (Å²) in [5, 5.41) is 21.4. The summed E-state index contributed by atoms with van der Waals surface area (Å²) in [4.78, 5) is 11.9.